The lowest BCUT2D eigenvalue weighted by molar-refractivity contribution is 0.0948. The lowest BCUT2D eigenvalue weighted by atomic mass is 10.1. The first kappa shape index (κ1) is 17.8. The number of hydrogen-bond donors (Lipinski definition) is 2. The van der Waals surface area contributed by atoms with Crippen LogP contribution in [-0.2, 0) is 19.3 Å². The molecule has 1 aromatic carbocycles. The van der Waals surface area contributed by atoms with E-state index < -0.39 is 0 Å². The number of H-pyrrole nitrogens is 1. The molecule has 2 aromatic heterocycles. The Kier molecular flexibility index (Phi) is 4.97. The Morgan fingerprint density at radius 3 is 2.89 bits per heavy atom. The number of rotatable bonds is 5. The van der Waals surface area contributed by atoms with E-state index in [0.717, 1.165) is 47.4 Å². The second-order valence-electron chi connectivity index (χ2n) is 7.58. The number of hydrogen-bond acceptors (Lipinski definition) is 3. The van der Waals surface area contributed by atoms with Crippen LogP contribution in [0.2, 0.25) is 0 Å². The number of fused-ring (bicyclic) bond motifs is 2. The van der Waals surface area contributed by atoms with Crippen LogP contribution in [-0.4, -0.2) is 32.2 Å². The van der Waals surface area contributed by atoms with Crippen LogP contribution in [0.5, 0.6) is 0 Å². The van der Waals surface area contributed by atoms with Gasteiger partial charge in [-0.1, -0.05) is 18.6 Å². The van der Waals surface area contributed by atoms with Gasteiger partial charge >= 0.3 is 0 Å². The predicted molar refractivity (Wildman–Crippen MR) is 106 cm³/mol. The van der Waals surface area contributed by atoms with Crippen LogP contribution in [0.3, 0.4) is 0 Å². The maximum atomic E-state index is 12.7. The van der Waals surface area contributed by atoms with Crippen LogP contribution in [0.1, 0.15) is 66.7 Å². The molecule has 0 aliphatic heterocycles. The monoisotopic (exact) mass is 365 g/mol. The molecule has 3 aromatic rings. The number of carbonyl (C=O) groups excluding carboxylic acids is 1. The van der Waals surface area contributed by atoms with Crippen LogP contribution < -0.4 is 5.32 Å². The van der Waals surface area contributed by atoms with Gasteiger partial charge in [0.1, 0.15) is 5.82 Å². The number of carbonyl (C=O) groups is 1. The summed E-state index contributed by atoms with van der Waals surface area (Å²) in [5.74, 6) is 0.925. The summed E-state index contributed by atoms with van der Waals surface area (Å²) in [6.45, 7) is 4.88. The number of aromatic amines is 1. The Labute approximate surface area is 159 Å². The van der Waals surface area contributed by atoms with Crippen molar-refractivity contribution in [3.63, 3.8) is 0 Å². The zero-order valence-corrected chi connectivity index (χ0v) is 16.1. The van der Waals surface area contributed by atoms with Crippen molar-refractivity contribution in [3.05, 3.63) is 47.0 Å². The third-order valence-electron chi connectivity index (χ3n) is 5.34. The summed E-state index contributed by atoms with van der Waals surface area (Å²) in [5, 5.41) is 10.4. The lowest BCUT2D eigenvalue weighted by Gasteiger charge is -2.13. The van der Waals surface area contributed by atoms with E-state index >= 15 is 0 Å². The molecular weight excluding hydrogens is 338 g/mol. The molecule has 0 spiro atoms. The van der Waals surface area contributed by atoms with Crippen LogP contribution in [0.25, 0.3) is 11.0 Å². The first-order valence-corrected chi connectivity index (χ1v) is 9.95. The molecule has 0 radical (unpaired) electrons. The van der Waals surface area contributed by atoms with E-state index in [0.29, 0.717) is 24.7 Å². The van der Waals surface area contributed by atoms with Gasteiger partial charge in [0, 0.05) is 30.3 Å². The van der Waals surface area contributed by atoms with E-state index in [-0.39, 0.29) is 5.91 Å². The molecule has 27 heavy (non-hydrogen) atoms. The molecule has 0 saturated heterocycles. The van der Waals surface area contributed by atoms with Crippen molar-refractivity contribution in [3.8, 4) is 0 Å². The summed E-state index contributed by atoms with van der Waals surface area (Å²) in [4.78, 5) is 17.4. The predicted octanol–water partition coefficient (Wildman–Crippen LogP) is 3.58. The molecule has 142 valence electrons. The molecule has 0 atom stereocenters. The topological polar surface area (TPSA) is 75.6 Å². The second kappa shape index (κ2) is 7.55. The molecule has 6 nitrogen and oxygen atoms in total. The van der Waals surface area contributed by atoms with Crippen LogP contribution in [0.4, 0.5) is 0 Å². The Hall–Kier alpha value is -2.63. The van der Waals surface area contributed by atoms with Crippen LogP contribution in [0.15, 0.2) is 24.3 Å². The van der Waals surface area contributed by atoms with Gasteiger partial charge in [0.2, 0.25) is 0 Å². The smallest absolute Gasteiger partial charge is 0.272 e. The summed E-state index contributed by atoms with van der Waals surface area (Å²) in [5.41, 5.74) is 4.97. The zero-order valence-electron chi connectivity index (χ0n) is 16.1. The summed E-state index contributed by atoms with van der Waals surface area (Å²) in [7, 11) is 0. The molecule has 6 heteroatoms. The third kappa shape index (κ3) is 3.48. The number of imidazole rings is 1. The maximum Gasteiger partial charge on any atom is 0.272 e. The molecule has 2 heterocycles. The fourth-order valence-corrected chi connectivity index (χ4v) is 4.06. The number of amides is 1. The third-order valence-corrected chi connectivity index (χ3v) is 5.34. The summed E-state index contributed by atoms with van der Waals surface area (Å²) in [6, 6.07) is 8.51. The van der Waals surface area contributed by atoms with Crippen molar-refractivity contribution >= 4 is 16.9 Å². The highest BCUT2D eigenvalue weighted by molar-refractivity contribution is 5.94. The highest BCUT2D eigenvalue weighted by Gasteiger charge is 2.21. The summed E-state index contributed by atoms with van der Waals surface area (Å²) < 4.78 is 2.25. The standard InChI is InChI=1S/C21H27N5O/c1-14(2)26-18-11-7-6-10-17(18)23-19(26)12-13-22-21(27)20-15-8-4-3-5-9-16(15)24-25-20/h6-7,10-11,14H,3-5,8-9,12-13H2,1-2H3,(H,22,27)(H,24,25). The van der Waals surface area contributed by atoms with Crippen molar-refractivity contribution in [2.75, 3.05) is 6.54 Å². The lowest BCUT2D eigenvalue weighted by Crippen LogP contribution is -2.27. The molecule has 4 rings (SSSR count). The van der Waals surface area contributed by atoms with Gasteiger partial charge < -0.3 is 9.88 Å². The minimum atomic E-state index is -0.0818. The van der Waals surface area contributed by atoms with E-state index in [2.05, 4.69) is 40.0 Å². The average Bonchev–Trinajstić information content (AvgIpc) is 3.15. The minimum absolute atomic E-state index is 0.0818. The molecule has 0 bridgehead atoms. The number of nitrogens with one attached hydrogen (secondary N) is 2. The molecule has 0 saturated carbocycles. The molecule has 0 fully saturated rings. The Morgan fingerprint density at radius 2 is 2.04 bits per heavy atom. The normalized spacial score (nSPS) is 14.3. The van der Waals surface area contributed by atoms with Gasteiger partial charge in [-0.3, -0.25) is 9.89 Å². The van der Waals surface area contributed by atoms with E-state index in [4.69, 9.17) is 4.98 Å². The van der Waals surface area contributed by atoms with E-state index in [1.807, 2.05) is 18.2 Å². The molecule has 1 aliphatic rings. The quantitative estimate of drug-likeness (QED) is 0.679. The van der Waals surface area contributed by atoms with Gasteiger partial charge in [-0.05, 0) is 51.7 Å². The first-order valence-electron chi connectivity index (χ1n) is 9.95. The van der Waals surface area contributed by atoms with Gasteiger partial charge in [0.05, 0.1) is 11.0 Å². The summed E-state index contributed by atoms with van der Waals surface area (Å²) >= 11 is 0. The highest BCUT2D eigenvalue weighted by Crippen LogP contribution is 2.22. The zero-order chi connectivity index (χ0) is 18.8. The van der Waals surface area contributed by atoms with E-state index in [1.165, 1.54) is 12.8 Å². The molecule has 1 amide bonds. The molecular formula is C21H27N5O. The van der Waals surface area contributed by atoms with Crippen molar-refractivity contribution in [2.45, 2.75) is 58.4 Å². The summed E-state index contributed by atoms with van der Waals surface area (Å²) in [6.07, 6.45) is 6.15. The van der Waals surface area contributed by atoms with Crippen LogP contribution >= 0.6 is 0 Å². The van der Waals surface area contributed by atoms with Crippen molar-refractivity contribution in [1.29, 1.82) is 0 Å². The minimum Gasteiger partial charge on any atom is -0.350 e. The highest BCUT2D eigenvalue weighted by atomic mass is 16.1. The number of aromatic nitrogens is 4. The first-order chi connectivity index (χ1) is 13.1. The van der Waals surface area contributed by atoms with E-state index in [1.54, 1.807) is 0 Å². The molecule has 2 N–H and O–H groups in total. The average molecular weight is 365 g/mol. The van der Waals surface area contributed by atoms with Gasteiger partial charge in [0.15, 0.2) is 5.69 Å². The Bertz CT molecular complexity index is 953. The van der Waals surface area contributed by atoms with Crippen LogP contribution in [0, 0.1) is 0 Å². The second-order valence-corrected chi connectivity index (χ2v) is 7.58. The number of nitrogens with zero attached hydrogens (tertiary/aromatic N) is 3. The maximum absolute atomic E-state index is 12.7. The number of aryl methyl sites for hydroxylation is 1. The Balaban J connectivity index is 1.46. The molecule has 1 aliphatic carbocycles. The van der Waals surface area contributed by atoms with Crippen molar-refractivity contribution in [2.24, 2.45) is 0 Å². The van der Waals surface area contributed by atoms with Gasteiger partial charge in [-0.2, -0.15) is 5.10 Å². The van der Waals surface area contributed by atoms with Gasteiger partial charge in [-0.15, -0.1) is 0 Å². The number of benzene rings is 1. The Morgan fingerprint density at radius 1 is 1.22 bits per heavy atom. The van der Waals surface area contributed by atoms with Crippen molar-refractivity contribution < 1.29 is 4.79 Å². The fraction of sp³-hybridized carbons (Fsp3) is 0.476. The van der Waals surface area contributed by atoms with Crippen molar-refractivity contribution in [1.82, 2.24) is 25.1 Å². The molecule has 0 unspecified atom stereocenters. The SMILES string of the molecule is CC(C)n1c(CCNC(=O)c2n[nH]c3c2CCCCC3)nc2ccccc21. The van der Waals surface area contributed by atoms with Gasteiger partial charge in [-0.25, -0.2) is 4.98 Å². The largest absolute Gasteiger partial charge is 0.350 e. The number of para-hydroxylation sites is 2. The fourth-order valence-electron chi connectivity index (χ4n) is 4.06. The van der Waals surface area contributed by atoms with E-state index in [9.17, 15) is 4.79 Å². The van der Waals surface area contributed by atoms with Gasteiger partial charge in [0.25, 0.3) is 5.91 Å².